The fourth-order valence-corrected chi connectivity index (χ4v) is 3.80. The molecule has 0 aromatic rings. The molecule has 0 unspecified atom stereocenters. The van der Waals surface area contributed by atoms with E-state index in [0.29, 0.717) is 6.42 Å². The van der Waals surface area contributed by atoms with Gasteiger partial charge < -0.3 is 21.5 Å². The topological polar surface area (TPSA) is 128 Å². The Morgan fingerprint density at radius 2 is 0.971 bits per heavy atom. The number of amides is 1. The summed E-state index contributed by atoms with van der Waals surface area (Å²) in [6.07, 6.45) is 25.3. The number of carboxylic acids is 1. The van der Waals surface area contributed by atoms with Crippen LogP contribution in [0.3, 0.4) is 0 Å². The maximum atomic E-state index is 11.8. The van der Waals surface area contributed by atoms with Crippen molar-refractivity contribution in [2.45, 2.75) is 142 Å². The highest BCUT2D eigenvalue weighted by atomic mass is 16.4. The van der Waals surface area contributed by atoms with Crippen molar-refractivity contribution in [2.24, 2.45) is 5.73 Å². The average Bonchev–Trinajstić information content (AvgIpc) is 2.77. The molecule has 202 valence electrons. The lowest BCUT2D eigenvalue weighted by atomic mass is 10.0. The first kappa shape index (κ1) is 34.4. The minimum Gasteiger partial charge on any atom is -0.481 e. The Morgan fingerprint density at radius 1 is 0.647 bits per heavy atom. The van der Waals surface area contributed by atoms with Gasteiger partial charge in [0.05, 0.1) is 0 Å². The molecule has 0 aliphatic rings. The fourth-order valence-electron chi connectivity index (χ4n) is 3.80. The average molecular weight is 485 g/mol. The molecular formula is C27H56N4O3. The third-order valence-corrected chi connectivity index (χ3v) is 5.75. The normalized spacial score (nSPS) is 10.3. The molecule has 0 saturated carbocycles. The summed E-state index contributed by atoms with van der Waals surface area (Å²) in [5, 5.41) is 20.3. The van der Waals surface area contributed by atoms with Gasteiger partial charge in [-0.05, 0) is 19.3 Å². The second-order valence-corrected chi connectivity index (χ2v) is 9.32. The first-order valence-electron chi connectivity index (χ1n) is 13.9. The van der Waals surface area contributed by atoms with Gasteiger partial charge in [-0.15, -0.1) is 0 Å². The number of unbranched alkanes of at least 4 members (excludes halogenated alkanes) is 17. The number of nitrogens with one attached hydrogen (secondary N) is 3. The van der Waals surface area contributed by atoms with Crippen molar-refractivity contribution in [3.05, 3.63) is 0 Å². The maximum Gasteiger partial charge on any atom is 0.300 e. The smallest absolute Gasteiger partial charge is 0.300 e. The van der Waals surface area contributed by atoms with Gasteiger partial charge in [0.1, 0.15) is 0 Å². The third kappa shape index (κ3) is 37.5. The summed E-state index contributed by atoms with van der Waals surface area (Å²) >= 11 is 0. The summed E-state index contributed by atoms with van der Waals surface area (Å²) in [6, 6.07) is 0. The molecule has 0 aromatic heterocycles. The summed E-state index contributed by atoms with van der Waals surface area (Å²) in [4.78, 5) is 20.8. The molecule has 1 amide bonds. The fraction of sp³-hybridized carbons (Fsp3) is 0.889. The van der Waals surface area contributed by atoms with Gasteiger partial charge in [-0.3, -0.25) is 15.0 Å². The number of carbonyl (C=O) groups excluding carboxylic acids is 1. The Labute approximate surface area is 209 Å². The molecule has 7 heteroatoms. The van der Waals surface area contributed by atoms with Crippen LogP contribution >= 0.6 is 0 Å². The van der Waals surface area contributed by atoms with Gasteiger partial charge >= 0.3 is 0 Å². The lowest BCUT2D eigenvalue weighted by Crippen LogP contribution is -2.30. The second-order valence-electron chi connectivity index (χ2n) is 9.32. The summed E-state index contributed by atoms with van der Waals surface area (Å²) in [7, 11) is 0. The number of carboxylic acid groups (broad SMARTS) is 1. The van der Waals surface area contributed by atoms with E-state index in [1.54, 1.807) is 0 Å². The highest BCUT2D eigenvalue weighted by Gasteiger charge is 2.01. The minimum atomic E-state index is -0.833. The van der Waals surface area contributed by atoms with Gasteiger partial charge in [-0.1, -0.05) is 110 Å². The highest BCUT2D eigenvalue weighted by molar-refractivity contribution is 5.75. The lowest BCUT2D eigenvalue weighted by Gasteiger charge is -2.06. The Bertz CT molecular complexity index is 469. The largest absolute Gasteiger partial charge is 0.481 e. The van der Waals surface area contributed by atoms with Crippen molar-refractivity contribution in [2.75, 3.05) is 13.1 Å². The number of guanidine groups is 1. The monoisotopic (exact) mass is 484 g/mol. The van der Waals surface area contributed by atoms with E-state index in [-0.39, 0.29) is 11.9 Å². The van der Waals surface area contributed by atoms with Gasteiger partial charge in [-0.2, -0.15) is 0 Å². The number of rotatable bonds is 23. The number of nitrogens with two attached hydrogens (primary N) is 1. The number of carbonyl (C=O) groups is 2. The quantitative estimate of drug-likeness (QED) is 0.0642. The maximum absolute atomic E-state index is 11.8. The molecule has 0 radical (unpaired) electrons. The molecule has 7 nitrogen and oxygen atoms in total. The van der Waals surface area contributed by atoms with Gasteiger partial charge in [0.15, 0.2) is 5.96 Å². The number of hydrogen-bond acceptors (Lipinski definition) is 3. The van der Waals surface area contributed by atoms with Crippen molar-refractivity contribution < 1.29 is 14.7 Å². The number of hydrogen-bond donors (Lipinski definition) is 5. The van der Waals surface area contributed by atoms with Gasteiger partial charge in [-0.25, -0.2) is 0 Å². The van der Waals surface area contributed by atoms with E-state index in [0.717, 1.165) is 52.1 Å². The SMILES string of the molecule is CC(=O)O.CCCCCCCCCCCCCCCCCC(=O)NCCCCCCNC(=N)N. The molecule has 0 heterocycles. The number of aliphatic carboxylic acids is 1. The Hall–Kier alpha value is -1.79. The molecule has 0 bridgehead atoms. The van der Waals surface area contributed by atoms with E-state index >= 15 is 0 Å². The first-order valence-corrected chi connectivity index (χ1v) is 13.9. The van der Waals surface area contributed by atoms with Crippen LogP contribution in [-0.2, 0) is 9.59 Å². The summed E-state index contributed by atoms with van der Waals surface area (Å²) < 4.78 is 0. The molecule has 0 fully saturated rings. The zero-order chi connectivity index (χ0) is 25.7. The molecule has 0 saturated heterocycles. The van der Waals surface area contributed by atoms with Crippen LogP contribution in [0.1, 0.15) is 142 Å². The van der Waals surface area contributed by atoms with Crippen LogP contribution in [0.2, 0.25) is 0 Å². The van der Waals surface area contributed by atoms with E-state index in [4.69, 9.17) is 21.0 Å². The van der Waals surface area contributed by atoms with Gasteiger partial charge in [0.25, 0.3) is 5.97 Å². The summed E-state index contributed by atoms with van der Waals surface area (Å²) in [5.74, 6) is -0.580. The predicted molar refractivity (Wildman–Crippen MR) is 144 cm³/mol. The van der Waals surface area contributed by atoms with E-state index < -0.39 is 5.97 Å². The second kappa shape index (κ2) is 29.2. The standard InChI is InChI=1S/C25H52N4O.C2H4O2/c1-2-3-4-5-6-7-8-9-10-11-12-13-14-15-18-21-24(30)28-22-19-16-17-20-23-29-25(26)27;1-2(3)4/h2-23H2,1H3,(H,28,30)(H4,26,27,29);1H3,(H,3,4). The van der Waals surface area contributed by atoms with E-state index in [1.807, 2.05) is 0 Å². The van der Waals surface area contributed by atoms with Crippen molar-refractivity contribution in [3.63, 3.8) is 0 Å². The Kier molecular flexibility index (Phi) is 29.6. The zero-order valence-corrected chi connectivity index (χ0v) is 22.4. The molecule has 0 aliphatic carbocycles. The molecule has 0 rings (SSSR count). The van der Waals surface area contributed by atoms with Gasteiger partial charge in [0.2, 0.25) is 5.91 Å². The van der Waals surface area contributed by atoms with Crippen LogP contribution in [0.15, 0.2) is 0 Å². The van der Waals surface area contributed by atoms with Crippen LogP contribution in [0.4, 0.5) is 0 Å². The van der Waals surface area contributed by atoms with Crippen LogP contribution in [0, 0.1) is 5.41 Å². The zero-order valence-electron chi connectivity index (χ0n) is 22.4. The Balaban J connectivity index is 0. The van der Waals surface area contributed by atoms with Crippen molar-refractivity contribution in [1.29, 1.82) is 5.41 Å². The molecule has 6 N–H and O–H groups in total. The van der Waals surface area contributed by atoms with E-state index in [1.165, 1.54) is 89.9 Å². The summed E-state index contributed by atoms with van der Waals surface area (Å²) in [6.45, 7) is 4.92. The van der Waals surface area contributed by atoms with Crippen LogP contribution in [0.25, 0.3) is 0 Å². The van der Waals surface area contributed by atoms with Crippen molar-refractivity contribution >= 4 is 17.8 Å². The molecule has 0 spiro atoms. The van der Waals surface area contributed by atoms with Crippen molar-refractivity contribution in [1.82, 2.24) is 10.6 Å². The Morgan fingerprint density at radius 3 is 1.35 bits per heavy atom. The first-order chi connectivity index (χ1) is 16.4. The van der Waals surface area contributed by atoms with Crippen LogP contribution < -0.4 is 16.4 Å². The van der Waals surface area contributed by atoms with Gasteiger partial charge in [0, 0.05) is 26.4 Å². The molecule has 0 atom stereocenters. The summed E-state index contributed by atoms with van der Waals surface area (Å²) in [5.41, 5.74) is 5.23. The third-order valence-electron chi connectivity index (χ3n) is 5.75. The molecular weight excluding hydrogens is 428 g/mol. The predicted octanol–water partition coefficient (Wildman–Crippen LogP) is 6.50. The van der Waals surface area contributed by atoms with Crippen molar-refractivity contribution in [3.8, 4) is 0 Å². The molecule has 0 aromatic carbocycles. The lowest BCUT2D eigenvalue weighted by molar-refractivity contribution is -0.134. The van der Waals surface area contributed by atoms with Crippen LogP contribution in [-0.4, -0.2) is 36.0 Å². The molecule has 0 aliphatic heterocycles. The van der Waals surface area contributed by atoms with Crippen LogP contribution in [0.5, 0.6) is 0 Å². The van der Waals surface area contributed by atoms with E-state index in [9.17, 15) is 4.79 Å². The minimum absolute atomic E-state index is 0.0427. The molecule has 34 heavy (non-hydrogen) atoms. The highest BCUT2D eigenvalue weighted by Crippen LogP contribution is 2.13. The van der Waals surface area contributed by atoms with E-state index in [2.05, 4.69) is 17.6 Å².